The van der Waals surface area contributed by atoms with E-state index >= 15 is 0 Å². The quantitative estimate of drug-likeness (QED) is 0.504. The van der Waals surface area contributed by atoms with Gasteiger partial charge >= 0.3 is 5.97 Å². The predicted octanol–water partition coefficient (Wildman–Crippen LogP) is 5.02. The number of rotatable bonds is 11. The molecule has 0 amide bonds. The Kier molecular flexibility index (Phi) is 8.80. The van der Waals surface area contributed by atoms with Gasteiger partial charge in [0.2, 0.25) is 0 Å². The first-order valence-electron chi connectivity index (χ1n) is 9.48. The zero-order chi connectivity index (χ0) is 20.5. The summed E-state index contributed by atoms with van der Waals surface area (Å²) in [5, 5.41) is 12.5. The van der Waals surface area contributed by atoms with E-state index in [0.717, 1.165) is 15.6 Å². The van der Waals surface area contributed by atoms with Crippen LogP contribution < -0.4 is 14.8 Å². The van der Waals surface area contributed by atoms with Gasteiger partial charge in [-0.3, -0.25) is 4.79 Å². The molecule has 0 fully saturated rings. The van der Waals surface area contributed by atoms with Crippen LogP contribution in [0.2, 0.25) is 0 Å². The molecule has 0 aliphatic carbocycles. The van der Waals surface area contributed by atoms with Crippen molar-refractivity contribution in [3.63, 3.8) is 0 Å². The van der Waals surface area contributed by atoms with Crippen molar-refractivity contribution in [2.45, 2.75) is 46.4 Å². The summed E-state index contributed by atoms with van der Waals surface area (Å²) in [6.07, 6.45) is 0.573. The minimum absolute atomic E-state index is 0.296. The van der Waals surface area contributed by atoms with Crippen molar-refractivity contribution in [1.29, 1.82) is 0 Å². The van der Waals surface area contributed by atoms with E-state index in [-0.39, 0.29) is 0 Å². The number of ether oxygens (including phenoxy) is 2. The topological polar surface area (TPSA) is 67.8 Å². The third kappa shape index (κ3) is 6.84. The van der Waals surface area contributed by atoms with Crippen molar-refractivity contribution in [1.82, 2.24) is 5.32 Å². The first kappa shape index (κ1) is 22.2. The van der Waals surface area contributed by atoms with Crippen molar-refractivity contribution >= 4 is 21.9 Å². The Hall–Kier alpha value is -2.05. The van der Waals surface area contributed by atoms with Crippen LogP contribution in [-0.2, 0) is 17.9 Å². The van der Waals surface area contributed by atoms with Crippen molar-refractivity contribution in [2.24, 2.45) is 5.92 Å². The molecule has 2 N–H and O–H groups in total. The van der Waals surface area contributed by atoms with Crippen LogP contribution in [0.1, 0.15) is 38.3 Å². The Morgan fingerprint density at radius 3 is 2.43 bits per heavy atom. The minimum atomic E-state index is -0.835. The molecule has 2 rings (SSSR count). The van der Waals surface area contributed by atoms with Crippen LogP contribution in [0, 0.1) is 5.92 Å². The van der Waals surface area contributed by atoms with Crippen LogP contribution in [0.3, 0.4) is 0 Å². The summed E-state index contributed by atoms with van der Waals surface area (Å²) in [4.78, 5) is 11.5. The maximum atomic E-state index is 11.5. The normalized spacial score (nSPS) is 12.0. The van der Waals surface area contributed by atoms with E-state index in [0.29, 0.717) is 43.6 Å². The highest BCUT2D eigenvalue weighted by molar-refractivity contribution is 9.10. The molecule has 28 heavy (non-hydrogen) atoms. The number of hydrogen-bond acceptors (Lipinski definition) is 4. The molecule has 1 atom stereocenters. The summed E-state index contributed by atoms with van der Waals surface area (Å²) >= 11 is 3.57. The molecule has 0 saturated heterocycles. The third-order valence-electron chi connectivity index (χ3n) is 4.19. The molecule has 0 spiro atoms. The van der Waals surface area contributed by atoms with E-state index < -0.39 is 12.0 Å². The molecular weight excluding hydrogens is 422 g/mol. The number of carboxylic acids is 1. The second-order valence-electron chi connectivity index (χ2n) is 7.00. The van der Waals surface area contributed by atoms with E-state index in [1.807, 2.05) is 63.2 Å². The molecule has 5 nitrogen and oxygen atoms in total. The molecule has 0 heterocycles. The molecule has 0 radical (unpaired) electrons. The minimum Gasteiger partial charge on any atom is -0.490 e. The first-order valence-corrected chi connectivity index (χ1v) is 10.3. The summed E-state index contributed by atoms with van der Waals surface area (Å²) in [7, 11) is 0. The summed E-state index contributed by atoms with van der Waals surface area (Å²) in [6.45, 7) is 7.33. The van der Waals surface area contributed by atoms with E-state index in [2.05, 4.69) is 21.2 Å². The van der Waals surface area contributed by atoms with Crippen LogP contribution in [0.4, 0.5) is 0 Å². The molecule has 0 bridgehead atoms. The van der Waals surface area contributed by atoms with Gasteiger partial charge in [-0.2, -0.15) is 0 Å². The SMILES string of the molecule is CCOc1cc(CNC(CC(C)C)C(=O)O)c(Br)cc1OCc1ccccc1. The maximum absolute atomic E-state index is 11.5. The molecule has 0 aliphatic rings. The molecule has 152 valence electrons. The zero-order valence-corrected chi connectivity index (χ0v) is 18.2. The van der Waals surface area contributed by atoms with Gasteiger partial charge in [-0.15, -0.1) is 0 Å². The van der Waals surface area contributed by atoms with Gasteiger partial charge in [0.15, 0.2) is 11.5 Å². The highest BCUT2D eigenvalue weighted by Crippen LogP contribution is 2.34. The first-order chi connectivity index (χ1) is 13.4. The Morgan fingerprint density at radius 2 is 1.82 bits per heavy atom. The highest BCUT2D eigenvalue weighted by atomic mass is 79.9. The van der Waals surface area contributed by atoms with Crippen LogP contribution in [0.5, 0.6) is 11.5 Å². The Bertz CT molecular complexity index is 765. The lowest BCUT2D eigenvalue weighted by Crippen LogP contribution is -2.37. The maximum Gasteiger partial charge on any atom is 0.320 e. The molecule has 2 aromatic rings. The summed E-state index contributed by atoms with van der Waals surface area (Å²) in [6, 6.07) is 13.1. The van der Waals surface area contributed by atoms with Gasteiger partial charge in [-0.25, -0.2) is 0 Å². The average Bonchev–Trinajstić information content (AvgIpc) is 2.66. The van der Waals surface area contributed by atoms with E-state index in [4.69, 9.17) is 9.47 Å². The van der Waals surface area contributed by atoms with Gasteiger partial charge in [0, 0.05) is 11.0 Å². The summed E-state index contributed by atoms with van der Waals surface area (Å²) < 4.78 is 12.6. The van der Waals surface area contributed by atoms with Gasteiger partial charge < -0.3 is 19.9 Å². The Labute approximate surface area is 175 Å². The fourth-order valence-corrected chi connectivity index (χ4v) is 3.27. The highest BCUT2D eigenvalue weighted by Gasteiger charge is 2.19. The smallest absolute Gasteiger partial charge is 0.320 e. The number of carbonyl (C=O) groups is 1. The second kappa shape index (κ2) is 11.1. The lowest BCUT2D eigenvalue weighted by Gasteiger charge is -2.19. The molecule has 0 saturated carbocycles. The van der Waals surface area contributed by atoms with E-state index in [1.54, 1.807) is 0 Å². The van der Waals surface area contributed by atoms with Gasteiger partial charge in [0.05, 0.1) is 6.61 Å². The van der Waals surface area contributed by atoms with Crippen LogP contribution >= 0.6 is 15.9 Å². The van der Waals surface area contributed by atoms with Crippen molar-refractivity contribution in [3.05, 3.63) is 58.1 Å². The molecule has 2 aromatic carbocycles. The van der Waals surface area contributed by atoms with Gasteiger partial charge in [-0.05, 0) is 42.5 Å². The Balaban J connectivity index is 2.13. The fourth-order valence-electron chi connectivity index (χ4n) is 2.81. The average molecular weight is 450 g/mol. The van der Waals surface area contributed by atoms with Crippen LogP contribution in [0.25, 0.3) is 0 Å². The van der Waals surface area contributed by atoms with Crippen LogP contribution in [-0.4, -0.2) is 23.7 Å². The largest absolute Gasteiger partial charge is 0.490 e. The number of aliphatic carboxylic acids is 1. The summed E-state index contributed by atoms with van der Waals surface area (Å²) in [5.41, 5.74) is 2.00. The van der Waals surface area contributed by atoms with E-state index in [1.165, 1.54) is 0 Å². The zero-order valence-electron chi connectivity index (χ0n) is 16.6. The standard InChI is InChI=1S/C22H28BrNO4/c1-4-27-20-11-17(13-24-19(22(25)26)10-15(2)3)18(23)12-21(20)28-14-16-8-6-5-7-9-16/h5-9,11-12,15,19,24H,4,10,13-14H2,1-3H3,(H,25,26). The van der Waals surface area contributed by atoms with Crippen LogP contribution in [0.15, 0.2) is 46.9 Å². The van der Waals surface area contributed by atoms with Crippen molar-refractivity contribution in [2.75, 3.05) is 6.61 Å². The molecule has 0 aromatic heterocycles. The van der Waals surface area contributed by atoms with Gasteiger partial charge in [-0.1, -0.05) is 60.1 Å². The van der Waals surface area contributed by atoms with Crippen molar-refractivity contribution < 1.29 is 19.4 Å². The number of benzene rings is 2. The predicted molar refractivity (Wildman–Crippen MR) is 114 cm³/mol. The molecular formula is C22H28BrNO4. The molecule has 0 aliphatic heterocycles. The molecule has 6 heteroatoms. The number of carboxylic acid groups (broad SMARTS) is 1. The second-order valence-corrected chi connectivity index (χ2v) is 7.85. The number of hydrogen-bond donors (Lipinski definition) is 2. The fraction of sp³-hybridized carbons (Fsp3) is 0.409. The van der Waals surface area contributed by atoms with Gasteiger partial charge in [0.1, 0.15) is 12.6 Å². The lowest BCUT2D eigenvalue weighted by molar-refractivity contribution is -0.140. The lowest BCUT2D eigenvalue weighted by atomic mass is 10.0. The summed E-state index contributed by atoms with van der Waals surface area (Å²) in [5.74, 6) is 0.759. The monoisotopic (exact) mass is 449 g/mol. The van der Waals surface area contributed by atoms with E-state index in [9.17, 15) is 9.90 Å². The van der Waals surface area contributed by atoms with Gasteiger partial charge in [0.25, 0.3) is 0 Å². The van der Waals surface area contributed by atoms with Crippen molar-refractivity contribution in [3.8, 4) is 11.5 Å². The number of halogens is 1. The Morgan fingerprint density at radius 1 is 1.14 bits per heavy atom. The third-order valence-corrected chi connectivity index (χ3v) is 4.93. The number of nitrogens with one attached hydrogen (secondary N) is 1. The molecule has 1 unspecified atom stereocenters.